The van der Waals surface area contributed by atoms with Crippen molar-refractivity contribution in [3.8, 4) is 5.75 Å². The number of amides is 1. The lowest BCUT2D eigenvalue weighted by atomic mass is 9.85. The fourth-order valence-corrected chi connectivity index (χ4v) is 5.93. The molecular weight excluding hydrogens is 516 g/mol. The molecule has 38 heavy (non-hydrogen) atoms. The van der Waals surface area contributed by atoms with Crippen molar-refractivity contribution in [2.45, 2.75) is 81.6 Å². The van der Waals surface area contributed by atoms with Crippen LogP contribution in [0.15, 0.2) is 65.0 Å². The first-order chi connectivity index (χ1) is 18.0. The highest BCUT2D eigenvalue weighted by Gasteiger charge is 2.42. The number of benzene rings is 2. The summed E-state index contributed by atoms with van der Waals surface area (Å²) in [5.74, 6) is 1.49. The molecule has 0 bridgehead atoms. The molecule has 1 fully saturated rings. The number of methoxy groups -OCH3 is 1. The number of nitrogens with zero attached hydrogens (tertiary/aromatic N) is 1. The van der Waals surface area contributed by atoms with Gasteiger partial charge in [0.05, 0.1) is 18.5 Å². The van der Waals surface area contributed by atoms with Crippen molar-refractivity contribution >= 4 is 36.8 Å². The van der Waals surface area contributed by atoms with Crippen molar-refractivity contribution in [1.82, 2.24) is 10.2 Å². The molecule has 2 heterocycles. The SMILES string of the molecule is COc1cc(C(=O)N2C(CC(C)C)CCC2[C@@H]2NC=CS2)ccc1C(C)(C)C.O=CO.Sc1ccccc1. The number of carboxylic acid groups (broad SMARTS) is 1. The number of thioether (sulfide) groups is 1. The second-order valence-electron chi connectivity index (χ2n) is 10.8. The van der Waals surface area contributed by atoms with Crippen molar-refractivity contribution < 1.29 is 19.4 Å². The van der Waals surface area contributed by atoms with Crippen molar-refractivity contribution in [2.75, 3.05) is 7.11 Å². The molecule has 2 aliphatic rings. The summed E-state index contributed by atoms with van der Waals surface area (Å²) < 4.78 is 5.65. The summed E-state index contributed by atoms with van der Waals surface area (Å²) in [6.07, 6.45) is 5.16. The third-order valence-electron chi connectivity index (χ3n) is 6.44. The summed E-state index contributed by atoms with van der Waals surface area (Å²) in [7, 11) is 1.68. The maximum atomic E-state index is 13.6. The second-order valence-corrected chi connectivity index (χ2v) is 12.3. The summed E-state index contributed by atoms with van der Waals surface area (Å²) in [4.78, 5) is 25.2. The van der Waals surface area contributed by atoms with Crippen LogP contribution in [0.2, 0.25) is 0 Å². The van der Waals surface area contributed by atoms with Crippen LogP contribution in [0.5, 0.6) is 5.75 Å². The number of ether oxygens (including phenoxy) is 1. The molecule has 4 rings (SSSR count). The molecule has 1 amide bonds. The van der Waals surface area contributed by atoms with Crippen LogP contribution in [-0.2, 0) is 10.2 Å². The standard InChI is InChI=1S/C23H34N2O2S.C6H6S.CH2O2/c1-15(2)13-17-8-10-19(21-24-11-12-28-21)25(17)22(26)16-7-9-18(23(3,4)5)20(14-16)27-6;7-6-4-2-1-3-5-6;2-1-3/h7,9,11-12,14-15,17,19,21,24H,8,10,13H2,1-6H3;1-5,7H;1H,(H,2,3)/t17?,19?,21-;;/m1../s1. The molecule has 208 valence electrons. The minimum Gasteiger partial charge on any atom is -0.496 e. The molecule has 0 saturated carbocycles. The Labute approximate surface area is 237 Å². The predicted molar refractivity (Wildman–Crippen MR) is 160 cm³/mol. The van der Waals surface area contributed by atoms with Crippen LogP contribution in [0.1, 0.15) is 69.8 Å². The number of rotatable bonds is 5. The largest absolute Gasteiger partial charge is 0.496 e. The highest BCUT2D eigenvalue weighted by Crippen LogP contribution is 2.38. The van der Waals surface area contributed by atoms with Gasteiger partial charge in [-0.2, -0.15) is 0 Å². The molecule has 2 unspecified atom stereocenters. The van der Waals surface area contributed by atoms with E-state index in [9.17, 15) is 4.79 Å². The highest BCUT2D eigenvalue weighted by atomic mass is 32.2. The van der Waals surface area contributed by atoms with Crippen molar-refractivity contribution in [2.24, 2.45) is 5.92 Å². The number of nitrogens with one attached hydrogen (secondary N) is 1. The van der Waals surface area contributed by atoms with E-state index in [-0.39, 0.29) is 29.2 Å². The summed E-state index contributed by atoms with van der Waals surface area (Å²) in [6, 6.07) is 16.3. The molecule has 6 nitrogen and oxygen atoms in total. The molecule has 2 aromatic rings. The maximum absolute atomic E-state index is 13.6. The molecule has 0 aromatic heterocycles. The first-order valence-corrected chi connectivity index (χ1v) is 14.3. The number of carbonyl (C=O) groups is 2. The van der Waals surface area contributed by atoms with Gasteiger partial charge in [0.1, 0.15) is 5.75 Å². The summed E-state index contributed by atoms with van der Waals surface area (Å²) in [6.45, 7) is 10.7. The highest BCUT2D eigenvalue weighted by molar-refractivity contribution is 8.03. The number of likely N-dealkylation sites (tertiary alicyclic amines) is 1. The molecule has 0 radical (unpaired) electrons. The molecule has 0 aliphatic carbocycles. The van der Waals surface area contributed by atoms with E-state index in [2.05, 4.69) is 68.9 Å². The van der Waals surface area contributed by atoms with Crippen LogP contribution in [0, 0.1) is 5.92 Å². The Morgan fingerprint density at radius 3 is 2.34 bits per heavy atom. The van der Waals surface area contributed by atoms with Crippen LogP contribution in [0.25, 0.3) is 0 Å². The van der Waals surface area contributed by atoms with E-state index < -0.39 is 0 Å². The van der Waals surface area contributed by atoms with Gasteiger partial charge >= 0.3 is 0 Å². The summed E-state index contributed by atoms with van der Waals surface area (Å²) in [5, 5.41) is 12.6. The molecule has 8 heteroatoms. The van der Waals surface area contributed by atoms with Gasteiger partial charge in [-0.05, 0) is 65.8 Å². The zero-order valence-electron chi connectivity index (χ0n) is 23.3. The molecule has 1 saturated heterocycles. The van der Waals surface area contributed by atoms with E-state index in [0.29, 0.717) is 12.0 Å². The van der Waals surface area contributed by atoms with Crippen LogP contribution in [-0.4, -0.2) is 47.0 Å². The first kappa shape index (κ1) is 31.6. The van der Waals surface area contributed by atoms with Gasteiger partial charge in [0.25, 0.3) is 12.4 Å². The van der Waals surface area contributed by atoms with Crippen LogP contribution < -0.4 is 10.1 Å². The van der Waals surface area contributed by atoms with Gasteiger partial charge in [0, 0.05) is 22.7 Å². The number of hydrogen-bond donors (Lipinski definition) is 3. The molecule has 2 aliphatic heterocycles. The first-order valence-electron chi connectivity index (χ1n) is 12.9. The van der Waals surface area contributed by atoms with Gasteiger partial charge < -0.3 is 20.1 Å². The number of carbonyl (C=O) groups excluding carboxylic acids is 1. The summed E-state index contributed by atoms with van der Waals surface area (Å²) >= 11 is 5.86. The fraction of sp³-hybridized carbons (Fsp3) is 0.467. The Morgan fingerprint density at radius 2 is 1.87 bits per heavy atom. The van der Waals surface area contributed by atoms with E-state index in [1.165, 1.54) is 0 Å². The summed E-state index contributed by atoms with van der Waals surface area (Å²) in [5.41, 5.74) is 1.82. The van der Waals surface area contributed by atoms with Gasteiger partial charge in [-0.3, -0.25) is 9.59 Å². The van der Waals surface area contributed by atoms with Crippen LogP contribution in [0.3, 0.4) is 0 Å². The zero-order chi connectivity index (χ0) is 28.3. The molecule has 0 spiro atoms. The monoisotopic (exact) mass is 558 g/mol. The van der Waals surface area contributed by atoms with E-state index in [4.69, 9.17) is 14.6 Å². The molecule has 2 aromatic carbocycles. The van der Waals surface area contributed by atoms with Crippen LogP contribution in [0.4, 0.5) is 0 Å². The third-order valence-corrected chi connectivity index (χ3v) is 7.78. The average Bonchev–Trinajstić information content (AvgIpc) is 3.54. The minimum absolute atomic E-state index is 0.0284. The lowest BCUT2D eigenvalue weighted by Gasteiger charge is -2.34. The van der Waals surface area contributed by atoms with Gasteiger partial charge in [-0.15, -0.1) is 24.4 Å². The van der Waals surface area contributed by atoms with E-state index in [1.54, 1.807) is 18.9 Å². The molecule has 2 N–H and O–H groups in total. The Hall–Kier alpha value is -2.58. The van der Waals surface area contributed by atoms with Crippen LogP contribution >= 0.6 is 24.4 Å². The normalized spacial score (nSPS) is 20.1. The average molecular weight is 559 g/mol. The van der Waals surface area contributed by atoms with Gasteiger partial charge in [-0.1, -0.05) is 58.9 Å². The zero-order valence-corrected chi connectivity index (χ0v) is 25.0. The number of hydrogen-bond acceptors (Lipinski definition) is 6. The molecular formula is C30H42N2O4S2. The van der Waals surface area contributed by atoms with E-state index >= 15 is 0 Å². The lowest BCUT2D eigenvalue weighted by Crippen LogP contribution is -2.48. The topological polar surface area (TPSA) is 78.9 Å². The third kappa shape index (κ3) is 9.02. The van der Waals surface area contributed by atoms with Gasteiger partial charge in [0.15, 0.2) is 0 Å². The fourth-order valence-electron chi connectivity index (χ4n) is 4.82. The van der Waals surface area contributed by atoms with Gasteiger partial charge in [0.2, 0.25) is 0 Å². The Balaban J connectivity index is 0.000000427. The van der Waals surface area contributed by atoms with Gasteiger partial charge in [-0.25, -0.2) is 0 Å². The predicted octanol–water partition coefficient (Wildman–Crippen LogP) is 6.82. The minimum atomic E-state index is -0.250. The van der Waals surface area contributed by atoms with Crippen molar-refractivity contribution in [3.05, 3.63) is 71.3 Å². The Morgan fingerprint density at radius 1 is 1.21 bits per heavy atom. The van der Waals surface area contributed by atoms with E-state index in [1.807, 2.05) is 48.7 Å². The maximum Gasteiger partial charge on any atom is 0.290 e. The van der Waals surface area contributed by atoms with Crippen molar-refractivity contribution in [3.63, 3.8) is 0 Å². The quantitative estimate of drug-likeness (QED) is 0.276. The molecule has 3 atom stereocenters. The second kappa shape index (κ2) is 15.1. The lowest BCUT2D eigenvalue weighted by molar-refractivity contribution is -0.122. The van der Waals surface area contributed by atoms with E-state index in [0.717, 1.165) is 41.0 Å². The Bertz CT molecular complexity index is 1050. The van der Waals surface area contributed by atoms with Crippen molar-refractivity contribution in [1.29, 1.82) is 0 Å². The number of thiol groups is 1. The Kier molecular flexibility index (Phi) is 12.6. The smallest absolute Gasteiger partial charge is 0.290 e.